The largest absolute Gasteiger partial charge is 2.00 e. The standard InChI is InChI=1S/2C12H8N2.2C8H8O3.Cd.5H2O/c2*1-3-9-5-6-10-4-2-8-14-12(10)11(9)13-7-1;2*9-7-3-1-6(2-4-7)5-8(10)11;;;;;;/h2*1-8H;2*1-4,9H,5H2,(H,10,11);;5*1H2/q;;;;+2;;;;;/p-2. The minimum absolute atomic E-state index is 0. The molecule has 0 fully saturated rings. The smallest absolute Gasteiger partial charge is 0.550 e. The van der Waals surface area contributed by atoms with Gasteiger partial charge in [-0.2, -0.15) is 0 Å². The molecule has 0 saturated heterocycles. The summed E-state index contributed by atoms with van der Waals surface area (Å²) in [6.45, 7) is 0. The van der Waals surface area contributed by atoms with Crippen LogP contribution in [-0.2, 0) is 49.7 Å². The van der Waals surface area contributed by atoms with E-state index in [4.69, 9.17) is 10.2 Å². The summed E-state index contributed by atoms with van der Waals surface area (Å²) in [7, 11) is 0. The molecule has 15 nitrogen and oxygen atoms in total. The number of pyridine rings is 4. The molecule has 0 aliphatic rings. The summed E-state index contributed by atoms with van der Waals surface area (Å²) >= 11 is 0. The molecule has 0 aliphatic heterocycles. The Labute approximate surface area is 340 Å². The van der Waals surface area contributed by atoms with Gasteiger partial charge in [-0.25, -0.2) is 0 Å². The van der Waals surface area contributed by atoms with Gasteiger partial charge in [-0.3, -0.25) is 19.9 Å². The van der Waals surface area contributed by atoms with E-state index in [2.05, 4.69) is 68.5 Å². The van der Waals surface area contributed by atoms with E-state index in [0.717, 1.165) is 43.6 Å². The van der Waals surface area contributed by atoms with Crippen LogP contribution in [0, 0.1) is 0 Å². The van der Waals surface area contributed by atoms with Crippen molar-refractivity contribution in [2.45, 2.75) is 12.8 Å². The topological polar surface area (TPSA) is 330 Å². The minimum Gasteiger partial charge on any atom is -0.550 e. The van der Waals surface area contributed by atoms with Crippen LogP contribution in [0.4, 0.5) is 0 Å². The number of fused-ring (bicyclic) bond motifs is 6. The van der Waals surface area contributed by atoms with Crippen molar-refractivity contribution in [3.63, 3.8) is 0 Å². The third-order valence-electron chi connectivity index (χ3n) is 7.26. The van der Waals surface area contributed by atoms with Gasteiger partial charge in [0.25, 0.3) is 0 Å². The van der Waals surface area contributed by atoms with Gasteiger partial charge in [0.1, 0.15) is 11.5 Å². The molecule has 4 heterocycles. The van der Waals surface area contributed by atoms with E-state index in [-0.39, 0.29) is 79.0 Å². The maximum atomic E-state index is 10.1. The Morgan fingerprint density at radius 3 is 0.857 bits per heavy atom. The second kappa shape index (κ2) is 25.7. The van der Waals surface area contributed by atoms with E-state index in [1.807, 2.05) is 24.3 Å². The monoisotopic (exact) mass is 866 g/mol. The average Bonchev–Trinajstić information content (AvgIpc) is 3.14. The van der Waals surface area contributed by atoms with Crippen molar-refractivity contribution in [1.82, 2.24) is 19.9 Å². The van der Waals surface area contributed by atoms with Crippen LogP contribution in [0.1, 0.15) is 11.1 Å². The van der Waals surface area contributed by atoms with Gasteiger partial charge in [0.2, 0.25) is 0 Å². The number of benzene rings is 4. The number of carboxylic acids is 2. The maximum absolute atomic E-state index is 10.1. The van der Waals surface area contributed by atoms with Gasteiger partial charge in [-0.1, -0.05) is 72.8 Å². The molecule has 8 rings (SSSR count). The second-order valence-corrected chi connectivity index (χ2v) is 10.9. The van der Waals surface area contributed by atoms with Crippen LogP contribution < -0.4 is 10.2 Å². The van der Waals surface area contributed by atoms with Crippen LogP contribution in [0.15, 0.2) is 146 Å². The Morgan fingerprint density at radius 1 is 0.411 bits per heavy atom. The fourth-order valence-corrected chi connectivity index (χ4v) is 4.92. The fourth-order valence-electron chi connectivity index (χ4n) is 4.92. The van der Waals surface area contributed by atoms with Gasteiger partial charge in [-0.15, -0.1) is 0 Å². The number of carboxylic acid groups (broad SMARTS) is 2. The second-order valence-electron chi connectivity index (χ2n) is 10.9. The van der Waals surface area contributed by atoms with Gasteiger partial charge < -0.3 is 57.4 Å². The Balaban J connectivity index is 0. The fraction of sp³-hybridized carbons (Fsp3) is 0.0500. The Kier molecular flexibility index (Phi) is 23.8. The number of phenols is 2. The summed E-state index contributed by atoms with van der Waals surface area (Å²) in [5.41, 5.74) is 5.16. The van der Waals surface area contributed by atoms with Crippen LogP contribution in [0.5, 0.6) is 11.5 Å². The number of aromatic nitrogens is 4. The van der Waals surface area contributed by atoms with Crippen LogP contribution >= 0.6 is 0 Å². The van der Waals surface area contributed by atoms with Gasteiger partial charge in [-0.05, 0) is 59.7 Å². The molecular formula is C40H40CdN4O11. The number of nitrogens with zero attached hydrogens (tertiary/aromatic N) is 4. The SMILES string of the molecule is O.O.O.O.O.O=C([O-])Cc1ccc(O)cc1.O=C([O-])Cc1ccc(O)cc1.[Cd+2].c1cnc2c(c1)ccc1cccnc12.c1cnc2c(c1)ccc1cccnc12. The molecule has 16 heteroatoms. The first-order valence-corrected chi connectivity index (χ1v) is 15.4. The third kappa shape index (κ3) is 14.9. The van der Waals surface area contributed by atoms with Gasteiger partial charge in [0.05, 0.1) is 22.1 Å². The van der Waals surface area contributed by atoms with E-state index in [1.54, 1.807) is 49.1 Å². The molecule has 8 aromatic rings. The molecule has 0 amide bonds. The molecule has 56 heavy (non-hydrogen) atoms. The van der Waals surface area contributed by atoms with Gasteiger partial charge in [0.15, 0.2) is 0 Å². The molecule has 0 atom stereocenters. The molecule has 4 aromatic carbocycles. The molecule has 0 saturated carbocycles. The molecule has 0 spiro atoms. The minimum atomic E-state index is -1.12. The van der Waals surface area contributed by atoms with E-state index in [1.165, 1.54) is 24.3 Å². The molecule has 0 radical (unpaired) electrons. The van der Waals surface area contributed by atoms with Crippen molar-refractivity contribution < 1.29 is 84.7 Å². The Hall–Kier alpha value is -6.22. The average molecular weight is 865 g/mol. The summed E-state index contributed by atoms with van der Waals surface area (Å²) < 4.78 is 0. The first kappa shape index (κ1) is 51.9. The quantitative estimate of drug-likeness (QED) is 0.185. The molecule has 288 valence electrons. The first-order valence-electron chi connectivity index (χ1n) is 15.4. The van der Waals surface area contributed by atoms with E-state index in [0.29, 0.717) is 11.1 Å². The number of phenolic OH excluding ortho intramolecular Hbond substituents is 2. The van der Waals surface area contributed by atoms with Crippen LogP contribution in [0.25, 0.3) is 43.6 Å². The van der Waals surface area contributed by atoms with Gasteiger partial charge >= 0.3 is 27.3 Å². The third-order valence-corrected chi connectivity index (χ3v) is 7.26. The summed E-state index contributed by atoms with van der Waals surface area (Å²) in [5.74, 6) is -1.97. The summed E-state index contributed by atoms with van der Waals surface area (Å²) in [4.78, 5) is 37.5. The molecule has 12 N–H and O–H groups in total. The van der Waals surface area contributed by atoms with Crippen molar-refractivity contribution in [1.29, 1.82) is 0 Å². The van der Waals surface area contributed by atoms with Crippen LogP contribution in [-0.4, -0.2) is 69.5 Å². The van der Waals surface area contributed by atoms with Crippen LogP contribution in [0.2, 0.25) is 0 Å². The number of aliphatic carboxylic acids is 2. The zero-order valence-corrected chi connectivity index (χ0v) is 33.8. The normalized spacial score (nSPS) is 9.14. The Morgan fingerprint density at radius 2 is 0.643 bits per heavy atom. The van der Waals surface area contributed by atoms with E-state index < -0.39 is 11.9 Å². The summed E-state index contributed by atoms with van der Waals surface area (Å²) in [6.07, 6.45) is 6.99. The first-order chi connectivity index (χ1) is 24.3. The number of hydrogen-bond donors (Lipinski definition) is 2. The van der Waals surface area contributed by atoms with Gasteiger partial charge in [0, 0.05) is 71.1 Å². The molecule has 0 unspecified atom stereocenters. The van der Waals surface area contributed by atoms with Crippen molar-refractivity contribution in [2.24, 2.45) is 0 Å². The van der Waals surface area contributed by atoms with Crippen molar-refractivity contribution in [3.05, 3.63) is 157 Å². The number of carbonyl (C=O) groups excluding carboxylic acids is 2. The zero-order chi connectivity index (χ0) is 35.3. The van der Waals surface area contributed by atoms with Crippen LogP contribution in [0.3, 0.4) is 0 Å². The molecular weight excluding hydrogens is 825 g/mol. The zero-order valence-electron chi connectivity index (χ0n) is 29.8. The number of carbonyl (C=O) groups is 2. The molecule has 4 aromatic heterocycles. The summed E-state index contributed by atoms with van der Waals surface area (Å²) in [6, 6.07) is 36.2. The molecule has 0 aliphatic carbocycles. The Bertz CT molecular complexity index is 2110. The maximum Gasteiger partial charge on any atom is 2.00 e. The van der Waals surface area contributed by atoms with Crippen molar-refractivity contribution in [3.8, 4) is 11.5 Å². The number of aromatic hydroxyl groups is 2. The predicted octanol–water partition coefficient (Wildman–Crippen LogP) is 0.809. The molecule has 0 bridgehead atoms. The van der Waals surface area contributed by atoms with E-state index >= 15 is 0 Å². The summed E-state index contributed by atoms with van der Waals surface area (Å²) in [5, 5.41) is 42.4. The predicted molar refractivity (Wildman–Crippen MR) is 206 cm³/mol. The number of hydrogen-bond acceptors (Lipinski definition) is 10. The van der Waals surface area contributed by atoms with E-state index in [9.17, 15) is 19.8 Å². The van der Waals surface area contributed by atoms with Crippen molar-refractivity contribution in [2.75, 3.05) is 0 Å². The number of rotatable bonds is 4. The van der Waals surface area contributed by atoms with Crippen molar-refractivity contribution >= 4 is 55.6 Å².